The normalized spacial score (nSPS) is 23.0. The molecule has 4 aliphatic heterocycles. The molecule has 76 heavy (non-hydrogen) atoms. The molecule has 19 heteroatoms. The molecule has 0 bridgehead atoms. The van der Waals surface area contributed by atoms with Crippen molar-refractivity contribution in [2.75, 3.05) is 95.5 Å². The van der Waals surface area contributed by atoms with Crippen LogP contribution in [0.5, 0.6) is 17.5 Å². The van der Waals surface area contributed by atoms with Gasteiger partial charge in [-0.2, -0.15) is 9.97 Å². The first-order valence-electron chi connectivity index (χ1n) is 26.5. The smallest absolute Gasteiger partial charge is 0.328 e. The zero-order valence-electron chi connectivity index (χ0n) is 43.0. The van der Waals surface area contributed by atoms with Gasteiger partial charge in [-0.1, -0.05) is 12.0 Å². The largest absolute Gasteiger partial charge is 0.508 e. The number of nitrogens with one attached hydrogen (secondary N) is 1. The van der Waals surface area contributed by atoms with Gasteiger partial charge in [0.2, 0.25) is 5.91 Å². The number of Topliss-reactive ketones (excluding diaryl/α,β-unsaturated/α-hetero) is 1. The quantitative estimate of drug-likeness (QED) is 0.112. The number of β-amino-alcohol motifs (C(OH)–C–C–N with tert-alkyl or cyclic N) is 1. The highest BCUT2D eigenvalue weighted by Gasteiger charge is 2.47. The monoisotopic (exact) mass is 1040 g/mol. The minimum absolute atomic E-state index is 0.00645. The molecule has 3 N–H and O–H groups in total. The van der Waals surface area contributed by atoms with Crippen molar-refractivity contribution < 1.29 is 47.6 Å². The lowest BCUT2D eigenvalue weighted by Crippen LogP contribution is -2.52. The van der Waals surface area contributed by atoms with E-state index in [0.29, 0.717) is 97.7 Å². The molecule has 2 aromatic heterocycles. The van der Waals surface area contributed by atoms with Crippen molar-refractivity contribution in [3.8, 4) is 41.1 Å². The van der Waals surface area contributed by atoms with Crippen LogP contribution in [0.1, 0.15) is 87.1 Å². The number of nitrogens with zero attached hydrogens (tertiary/aromatic N) is 8. The Labute approximate surface area is 439 Å². The van der Waals surface area contributed by atoms with E-state index in [1.54, 1.807) is 30.0 Å². The lowest BCUT2D eigenvalue weighted by molar-refractivity contribution is -0.136. The number of fused-ring (bicyclic) bond motifs is 2. The number of aromatic nitrogens is 3. The number of carbonyl (C=O) groups is 4. The summed E-state index contributed by atoms with van der Waals surface area (Å²) in [7, 11) is 1.49. The van der Waals surface area contributed by atoms with E-state index < -0.39 is 28.7 Å². The van der Waals surface area contributed by atoms with Gasteiger partial charge in [-0.3, -0.25) is 29.6 Å². The van der Waals surface area contributed by atoms with Crippen LogP contribution in [0.15, 0.2) is 48.7 Å². The van der Waals surface area contributed by atoms with Gasteiger partial charge in [0.25, 0.3) is 5.91 Å². The molecule has 2 saturated carbocycles. The average molecular weight is 1040 g/mol. The highest BCUT2D eigenvalue weighted by atomic mass is 19.1. The van der Waals surface area contributed by atoms with Gasteiger partial charge in [0.15, 0.2) is 5.82 Å². The molecule has 3 aromatic carbocycles. The third-order valence-corrected chi connectivity index (χ3v) is 16.9. The molecule has 1 spiro atoms. The van der Waals surface area contributed by atoms with Crippen molar-refractivity contribution in [3.05, 3.63) is 71.4 Å². The predicted molar refractivity (Wildman–Crippen MR) is 280 cm³/mol. The summed E-state index contributed by atoms with van der Waals surface area (Å²) in [5.41, 5.74) is -0.923. The number of phenolic OH excluding ortho intramolecular Hbond substituents is 1. The molecule has 0 radical (unpaired) electrons. The standard InChI is InChI=1S/C57H63F2N9O8/c1-4-39-42(58)8-6-36-27-38(69)29-40(47(36)39)49-48(59)50-41(30-60-49)51(67-18-5-12-55(2,74)32-67)63-53(62-50)76-34-56(14-15-56)33-65-24-22-64(23-25-65)31-35-10-13-57(45(70)26-35)16-20-66(21-17-57)52(72)37-7-9-44(75-3)43(28-37)68-19-11-46(71)61-54(68)73/h1,6-9,27-30,35,69,74H,5,10-26,31-34H2,2-3H3,(H,61,71,73)/t35?,55-/m1/s1. The van der Waals surface area contributed by atoms with Gasteiger partial charge >= 0.3 is 12.0 Å². The number of likely N-dealkylation sites (tertiary alicyclic amines) is 1. The number of hydrogen-bond acceptors (Lipinski definition) is 14. The van der Waals surface area contributed by atoms with Crippen LogP contribution in [-0.4, -0.2) is 155 Å². The van der Waals surface area contributed by atoms with Crippen molar-refractivity contribution in [1.29, 1.82) is 0 Å². The Bertz CT molecular complexity index is 3200. The molecule has 2 atom stereocenters. The number of imide groups is 1. The number of rotatable bonds is 12. The number of piperidine rings is 2. The number of halogens is 2. The second-order valence-corrected chi connectivity index (χ2v) is 22.3. The Morgan fingerprint density at radius 2 is 1.71 bits per heavy atom. The van der Waals surface area contributed by atoms with E-state index in [1.165, 1.54) is 42.5 Å². The van der Waals surface area contributed by atoms with E-state index in [-0.39, 0.29) is 82.1 Å². The number of methoxy groups -OCH3 is 1. The predicted octanol–water partition coefficient (Wildman–Crippen LogP) is 6.68. The summed E-state index contributed by atoms with van der Waals surface area (Å²) in [4.78, 5) is 76.2. The number of carbonyl (C=O) groups excluding carboxylic acids is 4. The first kappa shape index (κ1) is 51.1. The maximum Gasteiger partial charge on any atom is 0.328 e. The third kappa shape index (κ3) is 9.98. The maximum atomic E-state index is 17.1. The lowest BCUT2D eigenvalue weighted by Gasteiger charge is -2.45. The maximum absolute atomic E-state index is 17.1. The lowest BCUT2D eigenvalue weighted by atomic mass is 9.64. The second kappa shape index (κ2) is 20.2. The number of terminal acetylenes is 1. The van der Waals surface area contributed by atoms with Crippen molar-refractivity contribution >= 4 is 56.8 Å². The van der Waals surface area contributed by atoms with E-state index >= 15 is 8.78 Å². The molecule has 2 aliphatic carbocycles. The molecule has 6 heterocycles. The summed E-state index contributed by atoms with van der Waals surface area (Å²) in [5.74, 6) is 1.60. The summed E-state index contributed by atoms with van der Waals surface area (Å²) in [6.45, 7) is 9.22. The van der Waals surface area contributed by atoms with Crippen molar-refractivity contribution in [3.63, 3.8) is 0 Å². The van der Waals surface area contributed by atoms with Gasteiger partial charge < -0.3 is 39.3 Å². The number of aromatic hydroxyl groups is 1. The van der Waals surface area contributed by atoms with Crippen molar-refractivity contribution in [1.82, 2.24) is 35.0 Å². The Hall–Kier alpha value is -7.01. The van der Waals surface area contributed by atoms with Gasteiger partial charge in [0.05, 0.1) is 36.0 Å². The molecule has 4 saturated heterocycles. The number of ether oxygens (including phenoxy) is 2. The number of hydrogen-bond donors (Lipinski definition) is 3. The van der Waals surface area contributed by atoms with Crippen LogP contribution in [0.3, 0.4) is 0 Å². The molecule has 17 nitrogen and oxygen atoms in total. The third-order valence-electron chi connectivity index (χ3n) is 16.9. The molecule has 6 aliphatic rings. The molecule has 4 amide bonds. The van der Waals surface area contributed by atoms with E-state index in [0.717, 1.165) is 65.0 Å². The van der Waals surface area contributed by atoms with Crippen LogP contribution in [0, 0.1) is 40.7 Å². The van der Waals surface area contributed by atoms with Crippen LogP contribution in [0.4, 0.5) is 25.1 Å². The summed E-state index contributed by atoms with van der Waals surface area (Å²) >= 11 is 0. The molecule has 5 aromatic rings. The number of phenols is 1. The van der Waals surface area contributed by atoms with E-state index in [2.05, 4.69) is 31.0 Å². The van der Waals surface area contributed by atoms with Crippen LogP contribution >= 0.6 is 0 Å². The van der Waals surface area contributed by atoms with Crippen LogP contribution in [0.25, 0.3) is 32.9 Å². The molecule has 6 fully saturated rings. The zero-order chi connectivity index (χ0) is 53.1. The molecule has 1 unspecified atom stereocenters. The number of pyridine rings is 1. The number of anilines is 2. The SMILES string of the molecule is C#Cc1c(F)ccc2cc(O)cc(-c3ncc4c(N5CCC[C@@](C)(O)C5)nc(OCC5(CN6CCN(CC7CCC8(CCN(C(=O)c9ccc(OC)c(N%10CCC(=O)NC%10=O)c9)CC8)C(=O)C7)CC6)CC5)nc4c3F)c12. The molecule has 398 valence electrons. The highest BCUT2D eigenvalue weighted by molar-refractivity contribution is 6.07. The van der Waals surface area contributed by atoms with Gasteiger partial charge in [-0.05, 0) is 106 Å². The van der Waals surface area contributed by atoms with Crippen molar-refractivity contribution in [2.24, 2.45) is 16.7 Å². The molecular weight excluding hydrogens is 977 g/mol. The van der Waals surface area contributed by atoms with Gasteiger partial charge in [-0.25, -0.2) is 13.6 Å². The van der Waals surface area contributed by atoms with E-state index in [9.17, 15) is 29.4 Å². The fourth-order valence-electron chi connectivity index (χ4n) is 12.4. The second-order valence-electron chi connectivity index (χ2n) is 22.3. The Morgan fingerprint density at radius 1 is 0.934 bits per heavy atom. The first-order valence-corrected chi connectivity index (χ1v) is 26.5. The number of ketones is 1. The Kier molecular flexibility index (Phi) is 13.6. The highest BCUT2D eigenvalue weighted by Crippen LogP contribution is 2.48. The van der Waals surface area contributed by atoms with Gasteiger partial charge in [0, 0.05) is 118 Å². The van der Waals surface area contributed by atoms with Gasteiger partial charge in [-0.15, -0.1) is 6.42 Å². The number of benzene rings is 3. The zero-order valence-corrected chi connectivity index (χ0v) is 43.0. The Morgan fingerprint density at radius 3 is 2.42 bits per heavy atom. The molecule has 11 rings (SSSR count). The average Bonchev–Trinajstić information content (AvgIpc) is 4.18. The van der Waals surface area contributed by atoms with Crippen molar-refractivity contribution in [2.45, 2.75) is 76.7 Å². The minimum Gasteiger partial charge on any atom is -0.508 e. The fraction of sp³-hybridized carbons (Fsp3) is 0.491. The Balaban J connectivity index is 0.704. The van der Waals surface area contributed by atoms with Crippen LogP contribution in [0.2, 0.25) is 0 Å². The summed E-state index contributed by atoms with van der Waals surface area (Å²) in [6.07, 6.45) is 14.1. The summed E-state index contributed by atoms with van der Waals surface area (Å²) in [6, 6.07) is 9.86. The van der Waals surface area contributed by atoms with Crippen LogP contribution in [-0.2, 0) is 9.59 Å². The molecular formula is C57H63F2N9O8. The fourth-order valence-corrected chi connectivity index (χ4v) is 12.4. The topological polar surface area (TPSA) is 194 Å². The minimum atomic E-state index is -1.00. The number of amides is 4. The van der Waals surface area contributed by atoms with E-state index in [4.69, 9.17) is 20.9 Å². The number of piperazine rings is 1. The summed E-state index contributed by atoms with van der Waals surface area (Å²) in [5, 5.41) is 25.1. The summed E-state index contributed by atoms with van der Waals surface area (Å²) < 4.78 is 44.1. The van der Waals surface area contributed by atoms with E-state index in [1.807, 2.05) is 4.90 Å². The van der Waals surface area contributed by atoms with Gasteiger partial charge in [0.1, 0.15) is 40.1 Å². The first-order chi connectivity index (χ1) is 36.5. The number of urea groups is 1. The number of aliphatic hydroxyl groups is 1. The van der Waals surface area contributed by atoms with Crippen LogP contribution < -0.4 is 24.6 Å².